The van der Waals surface area contributed by atoms with Crippen LogP contribution in [0.1, 0.15) is 15.4 Å². The zero-order valence-corrected chi connectivity index (χ0v) is 16.2. The molecule has 1 aliphatic rings. The Morgan fingerprint density at radius 1 is 1.25 bits per heavy atom. The van der Waals surface area contributed by atoms with Crippen LogP contribution in [0.2, 0.25) is 0 Å². The van der Waals surface area contributed by atoms with Crippen molar-refractivity contribution in [2.24, 2.45) is 0 Å². The van der Waals surface area contributed by atoms with Crippen molar-refractivity contribution >= 4 is 33.1 Å². The number of thiazole rings is 1. The maximum atomic E-state index is 13.0. The average molecular weight is 401 g/mol. The van der Waals surface area contributed by atoms with Crippen molar-refractivity contribution in [3.63, 3.8) is 0 Å². The standard InChI is InChI=1S/C20H20FN3O3S/c1-26-16-7-6-15(24-8-10-27-11-9-24)18-17(16)23-20(28-18)19(25)22-12-13-2-4-14(21)5-3-13/h2-7H,8-12H2,1H3,(H,22,25). The van der Waals surface area contributed by atoms with Gasteiger partial charge < -0.3 is 19.7 Å². The monoisotopic (exact) mass is 401 g/mol. The van der Waals surface area contributed by atoms with Gasteiger partial charge in [-0.05, 0) is 29.8 Å². The number of amides is 1. The van der Waals surface area contributed by atoms with Crippen LogP contribution >= 0.6 is 11.3 Å². The summed E-state index contributed by atoms with van der Waals surface area (Å²) >= 11 is 1.35. The molecule has 0 aliphatic carbocycles. The van der Waals surface area contributed by atoms with Gasteiger partial charge in [-0.15, -0.1) is 11.3 Å². The second-order valence-corrected chi connectivity index (χ2v) is 7.39. The van der Waals surface area contributed by atoms with Crippen LogP contribution in [-0.2, 0) is 11.3 Å². The first-order valence-corrected chi connectivity index (χ1v) is 9.80. The maximum Gasteiger partial charge on any atom is 0.280 e. The summed E-state index contributed by atoms with van der Waals surface area (Å²) < 4.78 is 24.8. The van der Waals surface area contributed by atoms with Gasteiger partial charge in [-0.25, -0.2) is 9.37 Å². The van der Waals surface area contributed by atoms with Gasteiger partial charge in [0.1, 0.15) is 17.1 Å². The number of hydrogen-bond donors (Lipinski definition) is 1. The Kier molecular flexibility index (Phi) is 5.40. The van der Waals surface area contributed by atoms with Gasteiger partial charge in [0.25, 0.3) is 5.91 Å². The predicted octanol–water partition coefficient (Wildman–Crippen LogP) is 3.21. The Balaban J connectivity index is 1.60. The van der Waals surface area contributed by atoms with Crippen molar-refractivity contribution in [3.05, 3.63) is 52.8 Å². The summed E-state index contributed by atoms with van der Waals surface area (Å²) in [7, 11) is 1.59. The van der Waals surface area contributed by atoms with E-state index >= 15 is 0 Å². The molecule has 1 amide bonds. The van der Waals surface area contributed by atoms with Gasteiger partial charge in [-0.1, -0.05) is 12.1 Å². The van der Waals surface area contributed by atoms with Crippen LogP contribution in [0.4, 0.5) is 10.1 Å². The first kappa shape index (κ1) is 18.6. The van der Waals surface area contributed by atoms with Gasteiger partial charge in [0.05, 0.1) is 30.7 Å². The molecule has 1 aromatic heterocycles. The van der Waals surface area contributed by atoms with Crippen LogP contribution in [0, 0.1) is 5.82 Å². The lowest BCUT2D eigenvalue weighted by Gasteiger charge is -2.29. The highest BCUT2D eigenvalue weighted by Gasteiger charge is 2.21. The van der Waals surface area contributed by atoms with Crippen molar-refractivity contribution in [3.8, 4) is 5.75 Å². The molecule has 1 fully saturated rings. The SMILES string of the molecule is COc1ccc(N2CCOCC2)c2sc(C(=O)NCc3ccc(F)cc3)nc12. The molecule has 2 aromatic carbocycles. The molecule has 0 saturated carbocycles. The third-order valence-electron chi connectivity index (χ3n) is 4.62. The molecule has 28 heavy (non-hydrogen) atoms. The lowest BCUT2D eigenvalue weighted by molar-refractivity contribution is 0.0950. The highest BCUT2D eigenvalue weighted by molar-refractivity contribution is 7.21. The van der Waals surface area contributed by atoms with E-state index in [2.05, 4.69) is 15.2 Å². The topological polar surface area (TPSA) is 63.7 Å². The smallest absolute Gasteiger partial charge is 0.280 e. The number of halogens is 1. The number of rotatable bonds is 5. The van der Waals surface area contributed by atoms with Gasteiger partial charge in [0.15, 0.2) is 5.01 Å². The lowest BCUT2D eigenvalue weighted by atomic mass is 10.2. The van der Waals surface area contributed by atoms with E-state index in [4.69, 9.17) is 9.47 Å². The molecule has 1 N–H and O–H groups in total. The molecule has 3 aromatic rings. The third kappa shape index (κ3) is 3.79. The first-order chi connectivity index (χ1) is 13.7. The molecule has 2 heterocycles. The van der Waals surface area contributed by atoms with Crippen molar-refractivity contribution in [2.45, 2.75) is 6.54 Å². The highest BCUT2D eigenvalue weighted by atomic mass is 32.1. The Bertz CT molecular complexity index is 984. The van der Waals surface area contributed by atoms with E-state index in [1.807, 2.05) is 12.1 Å². The molecule has 1 aliphatic heterocycles. The number of fused-ring (bicyclic) bond motifs is 1. The number of aromatic nitrogens is 1. The summed E-state index contributed by atoms with van der Waals surface area (Å²) in [5.41, 5.74) is 2.54. The number of nitrogens with zero attached hydrogens (tertiary/aromatic N) is 2. The number of anilines is 1. The van der Waals surface area contributed by atoms with Crippen LogP contribution < -0.4 is 15.0 Å². The van der Waals surface area contributed by atoms with Crippen molar-refractivity contribution in [1.82, 2.24) is 10.3 Å². The number of methoxy groups -OCH3 is 1. The summed E-state index contributed by atoms with van der Waals surface area (Å²) in [6.45, 7) is 3.26. The fourth-order valence-electron chi connectivity index (χ4n) is 3.15. The molecule has 6 nitrogen and oxygen atoms in total. The van der Waals surface area contributed by atoms with Gasteiger partial charge in [-0.2, -0.15) is 0 Å². The molecule has 1 saturated heterocycles. The minimum atomic E-state index is -0.302. The van der Waals surface area contributed by atoms with E-state index in [0.717, 1.165) is 29.0 Å². The molecule has 0 unspecified atom stereocenters. The van der Waals surface area contributed by atoms with E-state index in [1.54, 1.807) is 19.2 Å². The summed E-state index contributed by atoms with van der Waals surface area (Å²) in [6, 6.07) is 9.93. The van der Waals surface area contributed by atoms with Crippen LogP contribution in [0.3, 0.4) is 0 Å². The molecule has 8 heteroatoms. The molecule has 0 atom stereocenters. The number of carbonyl (C=O) groups excluding carboxylic acids is 1. The summed E-state index contributed by atoms with van der Waals surface area (Å²) in [6.07, 6.45) is 0. The number of morpholine rings is 1. The predicted molar refractivity (Wildman–Crippen MR) is 107 cm³/mol. The molecule has 146 valence electrons. The number of nitrogens with one attached hydrogen (secondary N) is 1. The van der Waals surface area contributed by atoms with E-state index in [9.17, 15) is 9.18 Å². The molecule has 0 bridgehead atoms. The van der Waals surface area contributed by atoms with E-state index in [-0.39, 0.29) is 11.7 Å². The second kappa shape index (κ2) is 8.12. The van der Waals surface area contributed by atoms with Crippen molar-refractivity contribution < 1.29 is 18.7 Å². The van der Waals surface area contributed by atoms with Crippen molar-refractivity contribution in [2.75, 3.05) is 38.3 Å². The molecular weight excluding hydrogens is 381 g/mol. The summed E-state index contributed by atoms with van der Waals surface area (Å²) in [4.78, 5) is 19.4. The number of ether oxygens (including phenoxy) is 2. The molecular formula is C20H20FN3O3S. The van der Waals surface area contributed by atoms with Crippen LogP contribution in [0.25, 0.3) is 10.2 Å². The van der Waals surface area contributed by atoms with Gasteiger partial charge >= 0.3 is 0 Å². The number of hydrogen-bond acceptors (Lipinski definition) is 6. The third-order valence-corrected chi connectivity index (χ3v) is 5.69. The van der Waals surface area contributed by atoms with Crippen molar-refractivity contribution in [1.29, 1.82) is 0 Å². The van der Waals surface area contributed by atoms with E-state index in [1.165, 1.54) is 23.5 Å². The fraction of sp³-hybridized carbons (Fsp3) is 0.300. The van der Waals surface area contributed by atoms with Crippen LogP contribution in [-0.4, -0.2) is 44.3 Å². The zero-order valence-electron chi connectivity index (χ0n) is 15.4. The van der Waals surface area contributed by atoms with Gasteiger partial charge in [-0.3, -0.25) is 4.79 Å². The normalized spacial score (nSPS) is 14.3. The lowest BCUT2D eigenvalue weighted by Crippen LogP contribution is -2.36. The second-order valence-electron chi connectivity index (χ2n) is 6.39. The molecule has 4 rings (SSSR count). The molecule has 0 spiro atoms. The largest absolute Gasteiger partial charge is 0.494 e. The summed E-state index contributed by atoms with van der Waals surface area (Å²) in [5, 5.41) is 3.22. The van der Waals surface area contributed by atoms with Crippen LogP contribution in [0.15, 0.2) is 36.4 Å². The minimum Gasteiger partial charge on any atom is -0.494 e. The first-order valence-electron chi connectivity index (χ1n) is 8.98. The Labute approximate surface area is 165 Å². The highest BCUT2D eigenvalue weighted by Crippen LogP contribution is 2.37. The van der Waals surface area contributed by atoms with E-state index in [0.29, 0.717) is 36.0 Å². The van der Waals surface area contributed by atoms with Crippen LogP contribution in [0.5, 0.6) is 5.75 Å². The Hall–Kier alpha value is -2.71. The van der Waals surface area contributed by atoms with Gasteiger partial charge in [0, 0.05) is 19.6 Å². The quantitative estimate of drug-likeness (QED) is 0.711. The van der Waals surface area contributed by atoms with E-state index < -0.39 is 0 Å². The average Bonchev–Trinajstić information content (AvgIpc) is 3.18. The number of carbonyl (C=O) groups is 1. The summed E-state index contributed by atoms with van der Waals surface area (Å²) in [5.74, 6) is 0.0744. The maximum absolute atomic E-state index is 13.0. The minimum absolute atomic E-state index is 0.263. The fourth-order valence-corrected chi connectivity index (χ4v) is 4.19. The Morgan fingerprint density at radius 3 is 2.71 bits per heavy atom. The number of benzene rings is 2. The zero-order chi connectivity index (χ0) is 19.5. The molecule has 0 radical (unpaired) electrons. The van der Waals surface area contributed by atoms with Gasteiger partial charge in [0.2, 0.25) is 0 Å². The Morgan fingerprint density at radius 2 is 2.00 bits per heavy atom.